The summed E-state index contributed by atoms with van der Waals surface area (Å²) in [6.45, 7) is 22.0. The summed E-state index contributed by atoms with van der Waals surface area (Å²) in [6, 6.07) is 0. The van der Waals surface area contributed by atoms with Crippen LogP contribution in [-0.2, 0) is 0 Å². The third-order valence-electron chi connectivity index (χ3n) is 9.75. The zero-order valence-corrected chi connectivity index (χ0v) is 22.5. The number of Topliss-reactive ketones (excluding diaryl/α,β-unsaturated/α-hetero) is 2. The smallest absolute Gasteiger partial charge is 0.171 e. The number of hydrogen-bond acceptors (Lipinski definition) is 2. The van der Waals surface area contributed by atoms with Crippen molar-refractivity contribution >= 4 is 54.7 Å². The second-order valence-electron chi connectivity index (χ2n) is 11.0. The van der Waals surface area contributed by atoms with Gasteiger partial charge in [0.05, 0.1) is 6.42 Å². The van der Waals surface area contributed by atoms with Crippen LogP contribution < -0.4 is 0 Å². The van der Waals surface area contributed by atoms with Crippen molar-refractivity contribution in [1.29, 1.82) is 0 Å². The topological polar surface area (TPSA) is 34.1 Å². The van der Waals surface area contributed by atoms with Gasteiger partial charge >= 0.3 is 0 Å². The van der Waals surface area contributed by atoms with Crippen molar-refractivity contribution in [2.24, 2.45) is 0 Å². The Morgan fingerprint density at radius 3 is 0.971 bits per heavy atom. The molecule has 0 bridgehead atoms. The third kappa shape index (κ3) is 2.31. The molecule has 176 valence electrons. The van der Waals surface area contributed by atoms with Gasteiger partial charge in [0.15, 0.2) is 11.6 Å². The monoisotopic (exact) mass is 460 g/mol. The Morgan fingerprint density at radius 1 is 0.314 bits per heavy atom. The molecule has 0 aromatic heterocycles. The Bertz CT molecular complexity index is 1750. The second-order valence-corrected chi connectivity index (χ2v) is 11.0. The molecule has 1 aliphatic carbocycles. The molecule has 35 heavy (non-hydrogen) atoms. The standard InChI is InChI=1S/C33H32O2/c1-12-14(3)24-15(4)13(2)17(6)28-30-21(10)19(8)26-23(35)11-22(34)25-18(7)20(9)29(33(30)32(25)26)27(16(12)5)31(24)28/h11H2,1-10H3. The Kier molecular flexibility index (Phi) is 4.25. The number of aryl methyl sites for hydroxylation is 6. The Balaban J connectivity index is 2.20. The highest BCUT2D eigenvalue weighted by molar-refractivity contribution is 6.42. The lowest BCUT2D eigenvalue weighted by Crippen LogP contribution is -2.20. The van der Waals surface area contributed by atoms with Gasteiger partial charge in [-0.15, -0.1) is 0 Å². The highest BCUT2D eigenvalue weighted by atomic mass is 16.1. The largest absolute Gasteiger partial charge is 0.294 e. The van der Waals surface area contributed by atoms with E-state index in [-0.39, 0.29) is 18.0 Å². The minimum absolute atomic E-state index is 0.0256. The molecule has 2 nitrogen and oxygen atoms in total. The number of carbonyl (C=O) groups is 2. The molecular formula is C33H32O2. The van der Waals surface area contributed by atoms with Crippen molar-refractivity contribution in [3.8, 4) is 0 Å². The van der Waals surface area contributed by atoms with Crippen molar-refractivity contribution in [2.45, 2.75) is 75.7 Å². The maximum absolute atomic E-state index is 13.3. The fraction of sp³-hybridized carbons (Fsp3) is 0.333. The Labute approximate surface area is 206 Å². The minimum Gasteiger partial charge on any atom is -0.294 e. The van der Waals surface area contributed by atoms with Crippen LogP contribution in [0.15, 0.2) is 0 Å². The van der Waals surface area contributed by atoms with Gasteiger partial charge in [-0.3, -0.25) is 9.59 Å². The van der Waals surface area contributed by atoms with E-state index < -0.39 is 0 Å². The van der Waals surface area contributed by atoms with E-state index in [1.807, 2.05) is 0 Å². The zero-order valence-electron chi connectivity index (χ0n) is 22.5. The highest BCUT2D eigenvalue weighted by Gasteiger charge is 2.34. The van der Waals surface area contributed by atoms with Crippen LogP contribution in [0.25, 0.3) is 43.1 Å². The molecule has 0 atom stereocenters. The van der Waals surface area contributed by atoms with E-state index in [0.29, 0.717) is 0 Å². The van der Waals surface area contributed by atoms with Gasteiger partial charge in [-0.2, -0.15) is 0 Å². The van der Waals surface area contributed by atoms with E-state index in [2.05, 4.69) is 69.2 Å². The van der Waals surface area contributed by atoms with Gasteiger partial charge in [-0.1, -0.05) is 0 Å². The van der Waals surface area contributed by atoms with Crippen LogP contribution in [0.2, 0.25) is 0 Å². The molecule has 0 unspecified atom stereocenters. The molecule has 2 heteroatoms. The van der Waals surface area contributed by atoms with E-state index >= 15 is 0 Å². The summed E-state index contributed by atoms with van der Waals surface area (Å²) in [4.78, 5) is 26.7. The Hall–Kier alpha value is -3.26. The van der Waals surface area contributed by atoms with E-state index in [1.165, 1.54) is 76.8 Å². The summed E-state index contributed by atoms with van der Waals surface area (Å²) in [7, 11) is 0. The number of ketones is 2. The van der Waals surface area contributed by atoms with Gasteiger partial charge < -0.3 is 0 Å². The van der Waals surface area contributed by atoms with Crippen LogP contribution in [-0.4, -0.2) is 11.6 Å². The van der Waals surface area contributed by atoms with Crippen LogP contribution >= 0.6 is 0 Å². The fourth-order valence-electron chi connectivity index (χ4n) is 7.24. The average Bonchev–Trinajstić information content (AvgIpc) is 2.81. The average molecular weight is 461 g/mol. The first-order valence-corrected chi connectivity index (χ1v) is 12.6. The number of carbonyl (C=O) groups excluding carboxylic acids is 2. The number of fused-ring (bicyclic) bond motifs is 2. The number of benzene rings is 5. The summed E-state index contributed by atoms with van der Waals surface area (Å²) >= 11 is 0. The van der Waals surface area contributed by atoms with E-state index in [4.69, 9.17) is 0 Å². The molecule has 0 saturated carbocycles. The van der Waals surface area contributed by atoms with Crippen molar-refractivity contribution in [1.82, 2.24) is 0 Å². The molecule has 0 spiro atoms. The molecule has 6 rings (SSSR count). The highest BCUT2D eigenvalue weighted by Crippen LogP contribution is 2.52. The van der Waals surface area contributed by atoms with Crippen LogP contribution in [0, 0.1) is 69.2 Å². The quantitative estimate of drug-likeness (QED) is 0.132. The molecule has 0 heterocycles. The number of rotatable bonds is 0. The molecule has 0 radical (unpaired) electrons. The van der Waals surface area contributed by atoms with E-state index in [1.54, 1.807) is 0 Å². The molecule has 5 aromatic carbocycles. The molecule has 1 aliphatic rings. The predicted molar refractivity (Wildman–Crippen MR) is 148 cm³/mol. The first-order valence-electron chi connectivity index (χ1n) is 12.6. The molecule has 0 N–H and O–H groups in total. The molecule has 0 fully saturated rings. The molecule has 0 amide bonds. The van der Waals surface area contributed by atoms with Crippen LogP contribution in [0.4, 0.5) is 0 Å². The van der Waals surface area contributed by atoms with Crippen LogP contribution in [0.3, 0.4) is 0 Å². The molecular weight excluding hydrogens is 428 g/mol. The van der Waals surface area contributed by atoms with Crippen molar-refractivity contribution in [3.05, 3.63) is 66.8 Å². The van der Waals surface area contributed by atoms with Gasteiger partial charge in [0.1, 0.15) is 0 Å². The van der Waals surface area contributed by atoms with E-state index in [9.17, 15) is 9.59 Å². The number of hydrogen-bond donors (Lipinski definition) is 0. The lowest BCUT2D eigenvalue weighted by Gasteiger charge is -2.30. The van der Waals surface area contributed by atoms with Gasteiger partial charge in [0, 0.05) is 16.5 Å². The second kappa shape index (κ2) is 6.69. The van der Waals surface area contributed by atoms with Gasteiger partial charge in [-0.25, -0.2) is 0 Å². The minimum atomic E-state index is -0.0339. The SMILES string of the molecule is Cc1c(C)c2c(C)c(C)c(C)c3c4c(C)c(C)c5c6c(c(C)c(C)c(c(c1C)c23)c64)C(=O)CC5=O. The summed E-state index contributed by atoms with van der Waals surface area (Å²) < 4.78 is 0. The molecule has 5 aromatic rings. The normalized spacial score (nSPS) is 14.0. The fourth-order valence-corrected chi connectivity index (χ4v) is 7.24. The molecule has 0 aliphatic heterocycles. The van der Waals surface area contributed by atoms with Gasteiger partial charge in [-0.05, 0) is 163 Å². The van der Waals surface area contributed by atoms with Gasteiger partial charge in [0.2, 0.25) is 0 Å². The summed E-state index contributed by atoms with van der Waals surface area (Å²) in [5, 5.41) is 9.77. The van der Waals surface area contributed by atoms with Crippen molar-refractivity contribution < 1.29 is 9.59 Å². The van der Waals surface area contributed by atoms with Crippen LogP contribution in [0.5, 0.6) is 0 Å². The maximum atomic E-state index is 13.3. The van der Waals surface area contributed by atoms with Gasteiger partial charge in [0.25, 0.3) is 0 Å². The van der Waals surface area contributed by atoms with Crippen molar-refractivity contribution in [3.63, 3.8) is 0 Å². The summed E-state index contributed by atoms with van der Waals surface area (Å²) in [5.74, 6) is -0.0678. The van der Waals surface area contributed by atoms with E-state index in [0.717, 1.165) is 33.0 Å². The maximum Gasteiger partial charge on any atom is 0.171 e. The third-order valence-corrected chi connectivity index (χ3v) is 9.75. The first-order chi connectivity index (χ1) is 16.4. The zero-order chi connectivity index (χ0) is 25.4. The lowest BCUT2D eigenvalue weighted by molar-refractivity contribution is 0.0889. The first kappa shape index (κ1) is 22.2. The summed E-state index contributed by atoms with van der Waals surface area (Å²) in [6.07, 6.45) is -0.0256. The summed E-state index contributed by atoms with van der Waals surface area (Å²) in [5.41, 5.74) is 13.9. The van der Waals surface area contributed by atoms with Crippen molar-refractivity contribution in [2.75, 3.05) is 0 Å². The lowest BCUT2D eigenvalue weighted by atomic mass is 9.72. The molecule has 0 saturated heterocycles. The van der Waals surface area contributed by atoms with Crippen LogP contribution in [0.1, 0.15) is 82.8 Å². The Morgan fingerprint density at radius 2 is 0.600 bits per heavy atom. The predicted octanol–water partition coefficient (Wildman–Crippen LogP) is 8.59.